The first-order valence-corrected chi connectivity index (χ1v) is 10.1. The number of carbonyl (C=O) groups is 2. The number of amides is 2. The fraction of sp³-hybridized carbons (Fsp3) is 0.353. The van der Waals surface area contributed by atoms with Crippen LogP contribution in [0, 0.1) is 0 Å². The van der Waals surface area contributed by atoms with E-state index in [1.165, 1.54) is 9.58 Å². The van der Waals surface area contributed by atoms with Crippen molar-refractivity contribution < 1.29 is 18.0 Å². The van der Waals surface area contributed by atoms with Crippen molar-refractivity contribution in [2.45, 2.75) is 19.5 Å². The Labute approximate surface area is 158 Å². The first-order chi connectivity index (χ1) is 12.7. The lowest BCUT2D eigenvalue weighted by atomic mass is 10.2. The maximum atomic E-state index is 12.3. The van der Waals surface area contributed by atoms with Crippen molar-refractivity contribution in [3.63, 3.8) is 0 Å². The van der Waals surface area contributed by atoms with Gasteiger partial charge >= 0.3 is 0 Å². The Balaban J connectivity index is 1.87. The summed E-state index contributed by atoms with van der Waals surface area (Å²) in [4.78, 5) is 25.8. The highest BCUT2D eigenvalue weighted by molar-refractivity contribution is 7.92. The van der Waals surface area contributed by atoms with Crippen LogP contribution in [-0.4, -0.2) is 54.8 Å². The summed E-state index contributed by atoms with van der Waals surface area (Å²) in [5.74, 6) is -0.548. The predicted molar refractivity (Wildman–Crippen MR) is 101 cm³/mol. The smallest absolute Gasteiger partial charge is 0.247 e. The Morgan fingerprint density at radius 1 is 1.30 bits per heavy atom. The highest BCUT2D eigenvalue weighted by Crippen LogP contribution is 2.12. The zero-order valence-corrected chi connectivity index (χ0v) is 16.2. The van der Waals surface area contributed by atoms with Crippen LogP contribution in [0.4, 0.5) is 5.69 Å². The summed E-state index contributed by atoms with van der Waals surface area (Å²) in [6.07, 6.45) is 4.34. The molecule has 1 atom stereocenters. The summed E-state index contributed by atoms with van der Waals surface area (Å²) in [6, 6.07) is 7.93. The molecule has 9 nitrogen and oxygen atoms in total. The standard InChI is InChI=1S/C17H23N5O4S/c1-13(22-9-5-8-19-22)17(24)21(2)12-16(23)18-11-14-6-4-7-15(10-14)20-27(3,25)26/h4-10,13,20H,11-12H2,1-3H3,(H,18,23)/t13-/m0/s1. The fourth-order valence-electron chi connectivity index (χ4n) is 2.45. The maximum absolute atomic E-state index is 12.3. The second kappa shape index (κ2) is 8.67. The number of hydrogen-bond donors (Lipinski definition) is 2. The Kier molecular flexibility index (Phi) is 6.56. The second-order valence-electron chi connectivity index (χ2n) is 6.21. The Morgan fingerprint density at radius 2 is 2.04 bits per heavy atom. The lowest BCUT2D eigenvalue weighted by Gasteiger charge is -2.21. The molecular weight excluding hydrogens is 370 g/mol. The van der Waals surface area contributed by atoms with Gasteiger partial charge in [0.15, 0.2) is 0 Å². The molecule has 0 aliphatic rings. The van der Waals surface area contributed by atoms with Crippen LogP contribution in [0.1, 0.15) is 18.5 Å². The van der Waals surface area contributed by atoms with Gasteiger partial charge in [0.05, 0.1) is 12.8 Å². The Bertz CT molecular complexity index is 896. The number of benzene rings is 1. The summed E-state index contributed by atoms with van der Waals surface area (Å²) in [5.41, 5.74) is 1.15. The van der Waals surface area contributed by atoms with Crippen LogP contribution >= 0.6 is 0 Å². The first-order valence-electron chi connectivity index (χ1n) is 8.23. The topological polar surface area (TPSA) is 113 Å². The van der Waals surface area contributed by atoms with E-state index < -0.39 is 16.1 Å². The summed E-state index contributed by atoms with van der Waals surface area (Å²) < 4.78 is 26.5. The number of nitrogens with one attached hydrogen (secondary N) is 2. The van der Waals surface area contributed by atoms with E-state index in [1.54, 1.807) is 56.7 Å². The third-order valence-corrected chi connectivity index (χ3v) is 4.36. The zero-order chi connectivity index (χ0) is 20.0. The largest absolute Gasteiger partial charge is 0.350 e. The molecule has 2 N–H and O–H groups in total. The number of anilines is 1. The van der Waals surface area contributed by atoms with Gasteiger partial charge in [0.2, 0.25) is 21.8 Å². The van der Waals surface area contributed by atoms with E-state index >= 15 is 0 Å². The van der Waals surface area contributed by atoms with Gasteiger partial charge in [0.1, 0.15) is 6.04 Å². The molecular formula is C17H23N5O4S. The SMILES string of the molecule is C[C@@H](C(=O)N(C)CC(=O)NCc1cccc(NS(C)(=O)=O)c1)n1cccn1. The average Bonchev–Trinajstić information content (AvgIpc) is 3.12. The molecule has 10 heteroatoms. The molecule has 146 valence electrons. The monoisotopic (exact) mass is 393 g/mol. The lowest BCUT2D eigenvalue weighted by molar-refractivity contribution is -0.137. The van der Waals surface area contributed by atoms with E-state index in [2.05, 4.69) is 15.1 Å². The first kappa shape index (κ1) is 20.4. The van der Waals surface area contributed by atoms with Crippen molar-refractivity contribution in [3.05, 3.63) is 48.3 Å². The molecule has 0 radical (unpaired) electrons. The van der Waals surface area contributed by atoms with E-state index in [9.17, 15) is 18.0 Å². The molecule has 0 saturated heterocycles. The van der Waals surface area contributed by atoms with E-state index in [1.807, 2.05) is 0 Å². The number of rotatable bonds is 8. The molecule has 1 heterocycles. The van der Waals surface area contributed by atoms with Gasteiger partial charge in [-0.1, -0.05) is 12.1 Å². The van der Waals surface area contributed by atoms with E-state index in [0.717, 1.165) is 11.8 Å². The predicted octanol–water partition coefficient (Wildman–Crippen LogP) is 0.590. The zero-order valence-electron chi connectivity index (χ0n) is 15.4. The molecule has 1 aromatic carbocycles. The van der Waals surface area contributed by atoms with Crippen LogP contribution in [-0.2, 0) is 26.2 Å². The van der Waals surface area contributed by atoms with Crippen LogP contribution in [0.25, 0.3) is 0 Å². The van der Waals surface area contributed by atoms with Gasteiger partial charge in [-0.15, -0.1) is 0 Å². The molecule has 2 rings (SSSR count). The van der Waals surface area contributed by atoms with Gasteiger partial charge < -0.3 is 10.2 Å². The van der Waals surface area contributed by atoms with Gasteiger partial charge in [-0.3, -0.25) is 19.0 Å². The molecule has 0 aliphatic heterocycles. The molecule has 0 fully saturated rings. The average molecular weight is 393 g/mol. The minimum absolute atomic E-state index is 0.0915. The van der Waals surface area contributed by atoms with Crippen LogP contribution in [0.15, 0.2) is 42.7 Å². The van der Waals surface area contributed by atoms with Crippen molar-refractivity contribution in [1.82, 2.24) is 20.0 Å². The molecule has 0 unspecified atom stereocenters. The van der Waals surface area contributed by atoms with Crippen molar-refractivity contribution in [3.8, 4) is 0 Å². The quantitative estimate of drug-likeness (QED) is 0.681. The van der Waals surface area contributed by atoms with Crippen molar-refractivity contribution in [2.24, 2.45) is 0 Å². The number of carbonyl (C=O) groups excluding carboxylic acids is 2. The van der Waals surface area contributed by atoms with E-state index in [4.69, 9.17) is 0 Å². The third-order valence-electron chi connectivity index (χ3n) is 3.76. The Morgan fingerprint density at radius 3 is 2.67 bits per heavy atom. The summed E-state index contributed by atoms with van der Waals surface area (Å²) in [7, 11) is -1.81. The fourth-order valence-corrected chi connectivity index (χ4v) is 3.01. The molecule has 1 aromatic heterocycles. The van der Waals surface area contributed by atoms with Gasteiger partial charge in [-0.05, 0) is 30.7 Å². The Hall–Kier alpha value is -2.88. The number of hydrogen-bond acceptors (Lipinski definition) is 5. The van der Waals surface area contributed by atoms with Crippen LogP contribution in [0.2, 0.25) is 0 Å². The molecule has 0 bridgehead atoms. The maximum Gasteiger partial charge on any atom is 0.247 e. The van der Waals surface area contributed by atoms with Gasteiger partial charge in [0.25, 0.3) is 0 Å². The van der Waals surface area contributed by atoms with E-state index in [0.29, 0.717) is 5.69 Å². The summed E-state index contributed by atoms with van der Waals surface area (Å²) >= 11 is 0. The number of likely N-dealkylation sites (N-methyl/N-ethyl adjacent to an activating group) is 1. The normalized spacial score (nSPS) is 12.3. The highest BCUT2D eigenvalue weighted by Gasteiger charge is 2.21. The minimum Gasteiger partial charge on any atom is -0.350 e. The molecule has 2 amide bonds. The van der Waals surface area contributed by atoms with E-state index in [-0.39, 0.29) is 24.9 Å². The molecule has 27 heavy (non-hydrogen) atoms. The summed E-state index contributed by atoms with van der Waals surface area (Å²) in [5, 5.41) is 6.74. The van der Waals surface area contributed by atoms with Gasteiger partial charge in [0, 0.05) is 31.7 Å². The highest BCUT2D eigenvalue weighted by atomic mass is 32.2. The molecule has 2 aromatic rings. The minimum atomic E-state index is -3.37. The van der Waals surface area contributed by atoms with Crippen LogP contribution in [0.5, 0.6) is 0 Å². The number of nitrogens with zero attached hydrogens (tertiary/aromatic N) is 3. The van der Waals surface area contributed by atoms with Crippen molar-refractivity contribution in [1.29, 1.82) is 0 Å². The molecule has 0 aliphatic carbocycles. The molecule has 0 saturated carbocycles. The second-order valence-corrected chi connectivity index (χ2v) is 7.96. The number of sulfonamides is 1. The molecule has 0 spiro atoms. The van der Waals surface area contributed by atoms with Crippen molar-refractivity contribution in [2.75, 3.05) is 24.6 Å². The third kappa shape index (κ3) is 6.41. The van der Waals surface area contributed by atoms with Crippen LogP contribution in [0.3, 0.4) is 0 Å². The lowest BCUT2D eigenvalue weighted by Crippen LogP contribution is -2.40. The van der Waals surface area contributed by atoms with Crippen molar-refractivity contribution >= 4 is 27.5 Å². The van der Waals surface area contributed by atoms with Crippen LogP contribution < -0.4 is 10.0 Å². The van der Waals surface area contributed by atoms with Gasteiger partial charge in [-0.25, -0.2) is 8.42 Å². The van der Waals surface area contributed by atoms with Gasteiger partial charge in [-0.2, -0.15) is 5.10 Å². The summed E-state index contributed by atoms with van der Waals surface area (Å²) in [6.45, 7) is 1.84. The number of aromatic nitrogens is 2.